The lowest BCUT2D eigenvalue weighted by Gasteiger charge is -2.20. The topological polar surface area (TPSA) is 41.1 Å². The van der Waals surface area contributed by atoms with Gasteiger partial charge in [0, 0.05) is 11.3 Å². The number of aryl methyl sites for hydroxylation is 2. The first-order valence-electron chi connectivity index (χ1n) is 7.62. The van der Waals surface area contributed by atoms with Gasteiger partial charge >= 0.3 is 0 Å². The summed E-state index contributed by atoms with van der Waals surface area (Å²) in [5.74, 6) is 0.0382. The number of Topliss-reactive ketones (excluding diaryl/α,β-unsaturated/α-hetero) is 1. The number of hydrogen-bond acceptors (Lipinski definition) is 2. The number of carbonyl (C=O) groups excluding carboxylic acids is 1. The highest BCUT2D eigenvalue weighted by molar-refractivity contribution is 7.80. The van der Waals surface area contributed by atoms with Crippen LogP contribution < -0.4 is 10.6 Å². The van der Waals surface area contributed by atoms with E-state index in [1.807, 2.05) is 12.1 Å². The molecule has 0 radical (unpaired) electrons. The summed E-state index contributed by atoms with van der Waals surface area (Å²) in [4.78, 5) is 11.4. The van der Waals surface area contributed by atoms with Gasteiger partial charge in [-0.1, -0.05) is 35.9 Å². The van der Waals surface area contributed by atoms with Crippen LogP contribution in [0.1, 0.15) is 46.9 Å². The van der Waals surface area contributed by atoms with Crippen molar-refractivity contribution in [1.82, 2.24) is 5.32 Å². The number of rotatable bonds is 4. The summed E-state index contributed by atoms with van der Waals surface area (Å²) < 4.78 is 0. The van der Waals surface area contributed by atoms with Crippen LogP contribution in [-0.4, -0.2) is 10.9 Å². The maximum atomic E-state index is 11.4. The fraction of sp³-hybridized carbons (Fsp3) is 0.263. The Kier molecular flexibility index (Phi) is 5.50. The van der Waals surface area contributed by atoms with Gasteiger partial charge in [-0.25, -0.2) is 0 Å². The van der Waals surface area contributed by atoms with Crippen molar-refractivity contribution in [1.29, 1.82) is 0 Å². The van der Waals surface area contributed by atoms with Gasteiger partial charge in [0.05, 0.1) is 6.04 Å². The Morgan fingerprint density at radius 2 is 1.87 bits per heavy atom. The van der Waals surface area contributed by atoms with Gasteiger partial charge in [-0.2, -0.15) is 0 Å². The van der Waals surface area contributed by atoms with Crippen LogP contribution in [0.5, 0.6) is 0 Å². The van der Waals surface area contributed by atoms with Gasteiger partial charge in [-0.3, -0.25) is 4.79 Å². The predicted octanol–water partition coefficient (Wildman–Crippen LogP) is 4.55. The van der Waals surface area contributed by atoms with E-state index in [4.69, 9.17) is 12.2 Å². The van der Waals surface area contributed by atoms with Crippen molar-refractivity contribution in [3.8, 4) is 0 Å². The number of carbonyl (C=O) groups is 1. The smallest absolute Gasteiger partial charge is 0.171 e. The fourth-order valence-corrected chi connectivity index (χ4v) is 2.78. The zero-order valence-corrected chi connectivity index (χ0v) is 14.8. The lowest BCUT2D eigenvalue weighted by atomic mass is 10.0. The van der Waals surface area contributed by atoms with Crippen LogP contribution in [0.25, 0.3) is 0 Å². The number of hydrogen-bond donors (Lipinski definition) is 2. The van der Waals surface area contributed by atoms with Gasteiger partial charge in [-0.15, -0.1) is 0 Å². The Morgan fingerprint density at radius 3 is 2.57 bits per heavy atom. The fourth-order valence-electron chi connectivity index (χ4n) is 2.48. The number of benzene rings is 2. The molecule has 3 nitrogen and oxygen atoms in total. The van der Waals surface area contributed by atoms with E-state index in [1.165, 1.54) is 16.7 Å². The van der Waals surface area contributed by atoms with Crippen LogP contribution >= 0.6 is 12.2 Å². The molecule has 0 saturated carbocycles. The lowest BCUT2D eigenvalue weighted by Crippen LogP contribution is -2.31. The molecule has 2 aromatic rings. The van der Waals surface area contributed by atoms with E-state index >= 15 is 0 Å². The molecule has 0 aliphatic heterocycles. The van der Waals surface area contributed by atoms with Gasteiger partial charge in [0.25, 0.3) is 0 Å². The summed E-state index contributed by atoms with van der Waals surface area (Å²) in [5.41, 5.74) is 5.17. The van der Waals surface area contributed by atoms with Gasteiger partial charge < -0.3 is 10.6 Å². The van der Waals surface area contributed by atoms with Crippen LogP contribution in [0.4, 0.5) is 5.69 Å². The number of thiocarbonyl (C=S) groups is 1. The van der Waals surface area contributed by atoms with Crippen LogP contribution in [0.3, 0.4) is 0 Å². The highest BCUT2D eigenvalue weighted by atomic mass is 32.1. The molecular weight excluding hydrogens is 304 g/mol. The third kappa shape index (κ3) is 4.63. The third-order valence-corrected chi connectivity index (χ3v) is 4.00. The zero-order chi connectivity index (χ0) is 17.0. The van der Waals surface area contributed by atoms with E-state index in [0.717, 1.165) is 5.69 Å². The molecule has 0 aliphatic carbocycles. The summed E-state index contributed by atoms with van der Waals surface area (Å²) in [7, 11) is 0. The summed E-state index contributed by atoms with van der Waals surface area (Å²) >= 11 is 5.39. The number of ketones is 1. The molecule has 0 heterocycles. The average molecular weight is 326 g/mol. The zero-order valence-electron chi connectivity index (χ0n) is 13.9. The van der Waals surface area contributed by atoms with Crippen LogP contribution in [-0.2, 0) is 0 Å². The van der Waals surface area contributed by atoms with Crippen molar-refractivity contribution in [2.45, 2.75) is 33.7 Å². The average Bonchev–Trinajstić information content (AvgIpc) is 2.49. The Labute approximate surface area is 143 Å². The molecule has 2 aromatic carbocycles. The Balaban J connectivity index is 2.06. The Hall–Kier alpha value is -2.20. The minimum Gasteiger partial charge on any atom is -0.356 e. The molecule has 0 amide bonds. The Bertz CT molecular complexity index is 740. The van der Waals surface area contributed by atoms with E-state index < -0.39 is 0 Å². The first-order chi connectivity index (χ1) is 10.9. The number of anilines is 1. The molecule has 1 atom stereocenters. The van der Waals surface area contributed by atoms with Crippen molar-refractivity contribution in [3.63, 3.8) is 0 Å². The summed E-state index contributed by atoms with van der Waals surface area (Å²) in [6.07, 6.45) is 0. The van der Waals surface area contributed by atoms with Gasteiger partial charge in [0.2, 0.25) is 0 Å². The second kappa shape index (κ2) is 7.38. The summed E-state index contributed by atoms with van der Waals surface area (Å²) in [6.45, 7) is 7.82. The lowest BCUT2D eigenvalue weighted by molar-refractivity contribution is 0.101. The largest absolute Gasteiger partial charge is 0.356 e. The minimum absolute atomic E-state index is 0.0382. The molecule has 0 fully saturated rings. The molecule has 0 saturated heterocycles. The summed E-state index contributed by atoms with van der Waals surface area (Å²) in [6, 6.07) is 13.8. The van der Waals surface area contributed by atoms with Crippen LogP contribution in [0.15, 0.2) is 42.5 Å². The first-order valence-corrected chi connectivity index (χ1v) is 8.03. The molecule has 0 aromatic heterocycles. The maximum Gasteiger partial charge on any atom is 0.171 e. The quantitative estimate of drug-likeness (QED) is 0.639. The van der Waals surface area contributed by atoms with E-state index in [1.54, 1.807) is 19.1 Å². The van der Waals surface area contributed by atoms with Crippen molar-refractivity contribution >= 4 is 28.8 Å². The van der Waals surface area contributed by atoms with E-state index in [2.05, 4.69) is 49.6 Å². The molecule has 0 unspecified atom stereocenters. The van der Waals surface area contributed by atoms with Crippen molar-refractivity contribution in [2.75, 3.05) is 5.32 Å². The van der Waals surface area contributed by atoms with Crippen molar-refractivity contribution < 1.29 is 4.79 Å². The molecule has 4 heteroatoms. The maximum absolute atomic E-state index is 11.4. The molecular formula is C19H22N2OS. The second-order valence-electron chi connectivity index (χ2n) is 5.82. The summed E-state index contributed by atoms with van der Waals surface area (Å²) in [5, 5.41) is 6.98. The molecule has 120 valence electrons. The van der Waals surface area contributed by atoms with Crippen LogP contribution in [0.2, 0.25) is 0 Å². The standard InChI is InChI=1S/C19H22N2OS/c1-12-8-9-13(2)18(10-12)14(3)20-19(23)21-17-7-5-6-16(11-17)15(4)22/h5-11,14H,1-4H3,(H2,20,21,23)/t14-/m0/s1. The molecule has 0 spiro atoms. The van der Waals surface area contributed by atoms with E-state index in [-0.39, 0.29) is 11.8 Å². The van der Waals surface area contributed by atoms with Gasteiger partial charge in [-0.05, 0) is 63.2 Å². The highest BCUT2D eigenvalue weighted by Crippen LogP contribution is 2.19. The van der Waals surface area contributed by atoms with Gasteiger partial charge in [0.1, 0.15) is 0 Å². The SMILES string of the molecule is CC(=O)c1cccc(NC(=S)N[C@@H](C)c2cc(C)ccc2C)c1. The van der Waals surface area contributed by atoms with Gasteiger partial charge in [0.15, 0.2) is 10.9 Å². The molecule has 2 N–H and O–H groups in total. The molecule has 23 heavy (non-hydrogen) atoms. The monoisotopic (exact) mass is 326 g/mol. The normalized spacial score (nSPS) is 11.7. The second-order valence-corrected chi connectivity index (χ2v) is 6.23. The van der Waals surface area contributed by atoms with Crippen molar-refractivity contribution in [2.24, 2.45) is 0 Å². The van der Waals surface area contributed by atoms with Crippen LogP contribution in [0, 0.1) is 13.8 Å². The predicted molar refractivity (Wildman–Crippen MR) is 100 cm³/mol. The van der Waals surface area contributed by atoms with Crippen molar-refractivity contribution in [3.05, 3.63) is 64.7 Å². The number of nitrogens with one attached hydrogen (secondary N) is 2. The molecule has 2 rings (SSSR count). The minimum atomic E-state index is 0.0382. The molecule has 0 bridgehead atoms. The highest BCUT2D eigenvalue weighted by Gasteiger charge is 2.10. The Morgan fingerprint density at radius 1 is 1.13 bits per heavy atom. The van der Waals surface area contributed by atoms with E-state index in [9.17, 15) is 4.79 Å². The molecule has 0 aliphatic rings. The third-order valence-electron chi connectivity index (χ3n) is 3.78. The van der Waals surface area contributed by atoms with E-state index in [0.29, 0.717) is 10.7 Å². The first kappa shape index (κ1) is 17.2.